The molecule has 2 atom stereocenters. The number of β-lactam (4-membered cyclic amide) rings is 1. The Morgan fingerprint density at radius 1 is 1.46 bits per heavy atom. The van der Waals surface area contributed by atoms with Crippen molar-refractivity contribution in [1.29, 1.82) is 0 Å². The van der Waals surface area contributed by atoms with Crippen LogP contribution in [0.2, 0.25) is 0 Å². The maximum Gasteiger partial charge on any atom is 0.352 e. The Bertz CT molecular complexity index is 1480. The summed E-state index contributed by atoms with van der Waals surface area (Å²) in [6, 6.07) is 4.78. The Labute approximate surface area is 218 Å². The molecule has 3 aromatic rings. The normalized spacial score (nSPS) is 19.4. The van der Waals surface area contributed by atoms with Crippen LogP contribution in [0.4, 0.5) is 5.13 Å². The van der Waals surface area contributed by atoms with Gasteiger partial charge in [0.15, 0.2) is 17.0 Å². The number of anilines is 1. The summed E-state index contributed by atoms with van der Waals surface area (Å²) in [5, 5.41) is 20.8. The number of aromatic nitrogens is 3. The lowest BCUT2D eigenvalue weighted by molar-refractivity contribution is -0.576. The monoisotopic (exact) mass is 540 g/mol. The van der Waals surface area contributed by atoms with Crippen molar-refractivity contribution in [3.8, 4) is 0 Å². The number of aliphatic carboxylic acids is 1. The molecule has 14 heteroatoms. The fourth-order valence-electron chi connectivity index (χ4n) is 4.19. The summed E-state index contributed by atoms with van der Waals surface area (Å²) in [5.74, 6) is -2.00. The summed E-state index contributed by atoms with van der Waals surface area (Å²) in [4.78, 5) is 48.8. The third-order valence-corrected chi connectivity index (χ3v) is 7.85. The number of H-pyrrole nitrogens is 1. The highest BCUT2D eigenvalue weighted by Gasteiger charge is 2.54. The second-order valence-electron chi connectivity index (χ2n) is 8.14. The number of nitrogens with zero attached hydrogens (tertiary/aromatic N) is 4. The molecule has 0 aromatic carbocycles. The largest absolute Gasteiger partial charge is 0.477 e. The zero-order valence-electron chi connectivity index (χ0n) is 19.3. The van der Waals surface area contributed by atoms with E-state index in [1.807, 2.05) is 35.1 Å². The van der Waals surface area contributed by atoms with E-state index in [-0.39, 0.29) is 28.8 Å². The number of aromatic amines is 1. The van der Waals surface area contributed by atoms with E-state index in [2.05, 4.69) is 27.1 Å². The molecule has 37 heavy (non-hydrogen) atoms. The van der Waals surface area contributed by atoms with Gasteiger partial charge in [0.1, 0.15) is 29.4 Å². The lowest BCUT2D eigenvalue weighted by Gasteiger charge is -2.49. The highest BCUT2D eigenvalue weighted by atomic mass is 32.2. The second kappa shape index (κ2) is 10.1. The predicted octanol–water partition coefficient (Wildman–Crippen LogP) is 0.680. The van der Waals surface area contributed by atoms with Crippen LogP contribution < -0.4 is 15.6 Å². The molecule has 0 unspecified atom stereocenters. The molecule has 2 aliphatic rings. The summed E-state index contributed by atoms with van der Waals surface area (Å²) in [6.45, 7) is 3.60. The minimum Gasteiger partial charge on any atom is -0.477 e. The van der Waals surface area contributed by atoms with Crippen molar-refractivity contribution in [3.63, 3.8) is 0 Å². The minimum atomic E-state index is -1.19. The molecule has 0 spiro atoms. The molecule has 1 saturated heterocycles. The molecule has 2 aliphatic heterocycles. The van der Waals surface area contributed by atoms with Gasteiger partial charge in [-0.3, -0.25) is 14.5 Å². The number of nitrogens with one attached hydrogen (secondary N) is 2. The zero-order chi connectivity index (χ0) is 26.1. The van der Waals surface area contributed by atoms with Crippen LogP contribution in [-0.2, 0) is 25.6 Å². The first-order valence-electron chi connectivity index (χ1n) is 11.1. The minimum absolute atomic E-state index is 0.0509. The van der Waals surface area contributed by atoms with Crippen molar-refractivity contribution in [3.05, 3.63) is 71.2 Å². The molecule has 12 nitrogen and oxygen atoms in total. The van der Waals surface area contributed by atoms with Crippen molar-refractivity contribution in [2.24, 2.45) is 5.16 Å². The molecule has 0 saturated carbocycles. The fraction of sp³-hybridized carbons (Fsp3) is 0.217. The van der Waals surface area contributed by atoms with Crippen LogP contribution in [0.5, 0.6) is 0 Å². The molecule has 5 N–H and O–H groups in total. The first-order chi connectivity index (χ1) is 17.9. The van der Waals surface area contributed by atoms with E-state index >= 15 is 0 Å². The highest BCUT2D eigenvalue weighted by Crippen LogP contribution is 2.41. The molecule has 0 aliphatic carbocycles. The van der Waals surface area contributed by atoms with Gasteiger partial charge >= 0.3 is 5.97 Å². The number of carboxylic acids is 1. The van der Waals surface area contributed by atoms with Crippen LogP contribution in [0, 0.1) is 0 Å². The Kier molecular flexibility index (Phi) is 6.67. The number of thioether (sulfide) groups is 1. The maximum atomic E-state index is 13.1. The number of carbonyl (C=O) groups is 3. The number of oxime groups is 1. The maximum absolute atomic E-state index is 13.1. The number of rotatable bonds is 9. The third kappa shape index (κ3) is 4.56. The smallest absolute Gasteiger partial charge is 0.352 e. The van der Waals surface area contributed by atoms with Crippen molar-refractivity contribution >= 4 is 57.2 Å². The quantitative estimate of drug-likeness (QED) is 0.0768. The number of thiazole rings is 1. The summed E-state index contributed by atoms with van der Waals surface area (Å²) in [5.41, 5.74) is 8.15. The SMILES string of the molecule is C=CCO/N=C(\C(=O)N[C@@H]1C(=O)N2C(C(=O)O)=C(Cc3c[nH][n+]4ccccc34)CS[C@@H]12)c1csc(N)n1. The number of pyridine rings is 1. The molecular formula is C23H22N7O5S2+. The predicted molar refractivity (Wildman–Crippen MR) is 137 cm³/mol. The summed E-state index contributed by atoms with van der Waals surface area (Å²) < 4.78 is 1.84. The van der Waals surface area contributed by atoms with Crippen molar-refractivity contribution in [1.82, 2.24) is 20.3 Å². The average Bonchev–Trinajstić information content (AvgIpc) is 3.50. The van der Waals surface area contributed by atoms with E-state index in [1.54, 1.807) is 5.38 Å². The van der Waals surface area contributed by atoms with E-state index in [4.69, 9.17) is 10.6 Å². The lowest BCUT2D eigenvalue weighted by atomic mass is 9.99. The van der Waals surface area contributed by atoms with Crippen LogP contribution in [0.15, 0.2) is 65.1 Å². The number of carboxylic acid groups (broad SMARTS) is 1. The average molecular weight is 541 g/mol. The molecule has 2 amide bonds. The summed E-state index contributed by atoms with van der Waals surface area (Å²) in [6.07, 6.45) is 5.51. The van der Waals surface area contributed by atoms with E-state index in [0.29, 0.717) is 17.7 Å². The third-order valence-electron chi connectivity index (χ3n) is 5.83. The van der Waals surface area contributed by atoms with E-state index in [1.165, 1.54) is 22.7 Å². The Morgan fingerprint density at radius 3 is 3.03 bits per heavy atom. The molecule has 0 radical (unpaired) electrons. The summed E-state index contributed by atoms with van der Waals surface area (Å²) >= 11 is 2.52. The molecule has 190 valence electrons. The summed E-state index contributed by atoms with van der Waals surface area (Å²) in [7, 11) is 0. The van der Waals surface area contributed by atoms with Crippen LogP contribution in [0.3, 0.4) is 0 Å². The molecule has 5 rings (SSSR count). The molecule has 1 fully saturated rings. The highest BCUT2D eigenvalue weighted by molar-refractivity contribution is 8.00. The number of nitrogens with two attached hydrogens (primary N) is 1. The van der Waals surface area contributed by atoms with Gasteiger partial charge in [0.25, 0.3) is 11.8 Å². The van der Waals surface area contributed by atoms with Gasteiger partial charge in [-0.2, -0.15) is 5.10 Å². The van der Waals surface area contributed by atoms with Gasteiger partial charge in [0, 0.05) is 29.7 Å². The molecule has 3 aromatic heterocycles. The first-order valence-corrected chi connectivity index (χ1v) is 13.0. The molecule has 5 heterocycles. The zero-order valence-corrected chi connectivity index (χ0v) is 20.9. The van der Waals surface area contributed by atoms with Crippen LogP contribution in [-0.4, -0.2) is 67.4 Å². The van der Waals surface area contributed by atoms with Gasteiger partial charge in [0.2, 0.25) is 5.52 Å². The number of carbonyl (C=O) groups excluding carboxylic acids is 2. The number of hydrogen-bond donors (Lipinski definition) is 4. The van der Waals surface area contributed by atoms with Gasteiger partial charge in [-0.25, -0.2) is 9.78 Å². The van der Waals surface area contributed by atoms with Crippen molar-refractivity contribution < 1.29 is 28.8 Å². The Morgan fingerprint density at radius 2 is 2.30 bits per heavy atom. The van der Waals surface area contributed by atoms with Gasteiger partial charge < -0.3 is 21.0 Å². The van der Waals surface area contributed by atoms with Crippen molar-refractivity contribution in [2.45, 2.75) is 17.8 Å². The lowest BCUT2D eigenvalue weighted by Crippen LogP contribution is -2.71. The molecule has 0 bridgehead atoms. The fourth-order valence-corrected chi connectivity index (χ4v) is 6.09. The number of hydrogen-bond acceptors (Lipinski definition) is 9. The van der Waals surface area contributed by atoms with Crippen LogP contribution in [0.25, 0.3) is 5.52 Å². The van der Waals surface area contributed by atoms with Gasteiger partial charge in [-0.15, -0.1) is 23.1 Å². The standard InChI is InChI=1S/C23H21N7O5S2/c1-2-7-35-28-16(14-11-37-23(24)26-14)19(31)27-17-20(32)30-18(22(33)34)13(10-36-21(17)30)8-12-9-25-29-6-4-3-5-15(12)29/h2-6,9,11,17,21H,1,7-8,10H2,(H4,24,26,27,31,33,34)/p+1/b28-16-/t17-,21+/m1/s1. The molecular weight excluding hydrogens is 518 g/mol. The van der Waals surface area contributed by atoms with E-state index in [9.17, 15) is 19.5 Å². The van der Waals surface area contributed by atoms with Crippen molar-refractivity contribution in [2.75, 3.05) is 18.1 Å². The van der Waals surface area contributed by atoms with Crippen LogP contribution >= 0.6 is 23.1 Å². The van der Waals surface area contributed by atoms with E-state index in [0.717, 1.165) is 22.4 Å². The number of amides is 2. The number of nitrogen functional groups attached to an aromatic ring is 1. The Balaban J connectivity index is 1.36. The number of fused-ring (bicyclic) bond motifs is 2. The van der Waals surface area contributed by atoms with Gasteiger partial charge in [-0.05, 0) is 11.6 Å². The first kappa shape index (κ1) is 24.5. The van der Waals surface area contributed by atoms with Gasteiger partial charge in [0.05, 0.1) is 11.8 Å². The Hall–Kier alpha value is -4.17. The van der Waals surface area contributed by atoms with E-state index < -0.39 is 29.2 Å². The van der Waals surface area contributed by atoms with Gasteiger partial charge in [-0.1, -0.05) is 22.3 Å². The van der Waals surface area contributed by atoms with Crippen LogP contribution in [0.1, 0.15) is 11.3 Å². The second-order valence-corrected chi connectivity index (χ2v) is 10.1. The topological polar surface area (TPSA) is 167 Å².